The number of methoxy groups -OCH3 is 1. The SMILES string of the molecule is COCc1c(C(=O)Nc2ccc(C(=O)O)cc2)nnn1-c1ccccc1. The van der Waals surface area contributed by atoms with E-state index >= 15 is 0 Å². The Morgan fingerprint density at radius 1 is 1.12 bits per heavy atom. The number of amides is 1. The van der Waals surface area contributed by atoms with Gasteiger partial charge in [0, 0.05) is 12.8 Å². The molecular formula is C18H16N4O4. The van der Waals surface area contributed by atoms with Crippen LogP contribution >= 0.6 is 0 Å². The summed E-state index contributed by atoms with van der Waals surface area (Å²) >= 11 is 0. The zero-order valence-corrected chi connectivity index (χ0v) is 13.9. The molecule has 2 aromatic carbocycles. The van der Waals surface area contributed by atoms with Crippen LogP contribution in [0, 0.1) is 0 Å². The molecular weight excluding hydrogens is 336 g/mol. The van der Waals surface area contributed by atoms with Crippen molar-refractivity contribution < 1.29 is 19.4 Å². The van der Waals surface area contributed by atoms with Gasteiger partial charge in [0.1, 0.15) is 5.69 Å². The zero-order chi connectivity index (χ0) is 18.5. The Kier molecular flexibility index (Phi) is 5.04. The molecule has 1 aromatic heterocycles. The average Bonchev–Trinajstić information content (AvgIpc) is 3.07. The van der Waals surface area contributed by atoms with Gasteiger partial charge in [-0.15, -0.1) is 5.10 Å². The molecule has 0 aliphatic heterocycles. The van der Waals surface area contributed by atoms with Gasteiger partial charge in [-0.25, -0.2) is 9.48 Å². The lowest BCUT2D eigenvalue weighted by molar-refractivity contribution is 0.0696. The molecule has 0 radical (unpaired) electrons. The molecule has 2 N–H and O–H groups in total. The number of aromatic carboxylic acids is 1. The number of anilines is 1. The number of carboxylic acids is 1. The zero-order valence-electron chi connectivity index (χ0n) is 13.9. The van der Waals surface area contributed by atoms with Gasteiger partial charge in [0.25, 0.3) is 5.91 Å². The van der Waals surface area contributed by atoms with Crippen molar-refractivity contribution in [3.8, 4) is 5.69 Å². The summed E-state index contributed by atoms with van der Waals surface area (Å²) in [5.41, 5.74) is 2.00. The van der Waals surface area contributed by atoms with Crippen LogP contribution in [0.2, 0.25) is 0 Å². The molecule has 0 aliphatic carbocycles. The lowest BCUT2D eigenvalue weighted by atomic mass is 10.2. The Hall–Kier alpha value is -3.52. The van der Waals surface area contributed by atoms with Crippen molar-refractivity contribution in [3.05, 3.63) is 71.5 Å². The smallest absolute Gasteiger partial charge is 0.335 e. The van der Waals surface area contributed by atoms with Crippen molar-refractivity contribution in [2.45, 2.75) is 6.61 Å². The van der Waals surface area contributed by atoms with Crippen LogP contribution in [0.15, 0.2) is 54.6 Å². The van der Waals surface area contributed by atoms with Crippen LogP contribution in [-0.2, 0) is 11.3 Å². The first kappa shape index (κ1) is 17.3. The van der Waals surface area contributed by atoms with Gasteiger partial charge >= 0.3 is 5.97 Å². The number of nitrogens with one attached hydrogen (secondary N) is 1. The molecule has 8 nitrogen and oxygen atoms in total. The van der Waals surface area contributed by atoms with E-state index in [2.05, 4.69) is 15.6 Å². The molecule has 132 valence electrons. The van der Waals surface area contributed by atoms with E-state index in [0.717, 1.165) is 5.69 Å². The van der Waals surface area contributed by atoms with Crippen molar-refractivity contribution in [3.63, 3.8) is 0 Å². The van der Waals surface area contributed by atoms with Gasteiger partial charge in [0.15, 0.2) is 5.69 Å². The number of benzene rings is 2. The molecule has 0 atom stereocenters. The molecule has 0 bridgehead atoms. The lowest BCUT2D eigenvalue weighted by Gasteiger charge is -2.08. The van der Waals surface area contributed by atoms with Gasteiger partial charge in [0.05, 0.1) is 17.9 Å². The Bertz CT molecular complexity index is 920. The first-order chi connectivity index (χ1) is 12.6. The molecule has 0 fully saturated rings. The van der Waals surface area contributed by atoms with Crippen LogP contribution in [0.4, 0.5) is 5.69 Å². The third kappa shape index (κ3) is 3.60. The summed E-state index contributed by atoms with van der Waals surface area (Å²) in [6.45, 7) is 0.155. The minimum atomic E-state index is -1.03. The quantitative estimate of drug-likeness (QED) is 0.705. The molecule has 1 heterocycles. The standard InChI is InChI=1S/C18H16N4O4/c1-26-11-15-16(20-21-22(15)14-5-3-2-4-6-14)17(23)19-13-9-7-12(8-10-13)18(24)25/h2-10H,11H2,1H3,(H,19,23)(H,24,25). The number of rotatable bonds is 6. The van der Waals surface area contributed by atoms with E-state index in [1.807, 2.05) is 30.3 Å². The summed E-state index contributed by atoms with van der Waals surface area (Å²) < 4.78 is 6.73. The highest BCUT2D eigenvalue weighted by atomic mass is 16.5. The highest BCUT2D eigenvalue weighted by Gasteiger charge is 2.20. The van der Waals surface area contributed by atoms with E-state index in [0.29, 0.717) is 11.4 Å². The van der Waals surface area contributed by atoms with Gasteiger partial charge in [-0.1, -0.05) is 23.4 Å². The predicted molar refractivity (Wildman–Crippen MR) is 93.4 cm³/mol. The third-order valence-electron chi connectivity index (χ3n) is 3.65. The van der Waals surface area contributed by atoms with Crippen molar-refractivity contribution in [1.82, 2.24) is 15.0 Å². The molecule has 0 spiro atoms. The average molecular weight is 352 g/mol. The highest BCUT2D eigenvalue weighted by Crippen LogP contribution is 2.16. The van der Waals surface area contributed by atoms with E-state index in [9.17, 15) is 9.59 Å². The van der Waals surface area contributed by atoms with Crippen LogP contribution < -0.4 is 5.32 Å². The number of hydrogen-bond acceptors (Lipinski definition) is 5. The number of carbonyl (C=O) groups excluding carboxylic acids is 1. The molecule has 1 amide bonds. The molecule has 3 rings (SSSR count). The molecule has 0 aliphatic rings. The minimum absolute atomic E-state index is 0.137. The number of para-hydroxylation sites is 1. The monoisotopic (exact) mass is 352 g/mol. The second-order valence-electron chi connectivity index (χ2n) is 5.40. The van der Waals surface area contributed by atoms with E-state index in [-0.39, 0.29) is 17.9 Å². The summed E-state index contributed by atoms with van der Waals surface area (Å²) in [6, 6.07) is 15.1. The Morgan fingerprint density at radius 2 is 1.81 bits per heavy atom. The predicted octanol–water partition coefficient (Wildman–Crippen LogP) is 2.36. The minimum Gasteiger partial charge on any atom is -0.478 e. The lowest BCUT2D eigenvalue weighted by Crippen LogP contribution is -2.16. The molecule has 0 saturated carbocycles. The Labute approximate surface area is 149 Å². The van der Waals surface area contributed by atoms with Crippen molar-refractivity contribution in [1.29, 1.82) is 0 Å². The fraction of sp³-hybridized carbons (Fsp3) is 0.111. The summed E-state index contributed by atoms with van der Waals surface area (Å²) in [6.07, 6.45) is 0. The van der Waals surface area contributed by atoms with Crippen molar-refractivity contribution in [2.24, 2.45) is 0 Å². The maximum absolute atomic E-state index is 12.6. The number of carboxylic acid groups (broad SMARTS) is 1. The first-order valence-corrected chi connectivity index (χ1v) is 7.74. The van der Waals surface area contributed by atoms with Crippen LogP contribution in [0.1, 0.15) is 26.5 Å². The van der Waals surface area contributed by atoms with E-state index in [1.54, 1.807) is 4.68 Å². The van der Waals surface area contributed by atoms with Gasteiger partial charge in [-0.05, 0) is 36.4 Å². The molecule has 3 aromatic rings. The number of aromatic nitrogens is 3. The normalized spacial score (nSPS) is 10.5. The Balaban J connectivity index is 1.87. The fourth-order valence-corrected chi connectivity index (χ4v) is 2.41. The maximum Gasteiger partial charge on any atom is 0.335 e. The molecule has 8 heteroatoms. The summed E-state index contributed by atoms with van der Waals surface area (Å²) in [5, 5.41) is 19.6. The summed E-state index contributed by atoms with van der Waals surface area (Å²) in [5.74, 6) is -1.49. The van der Waals surface area contributed by atoms with Crippen molar-refractivity contribution in [2.75, 3.05) is 12.4 Å². The van der Waals surface area contributed by atoms with Gasteiger partial charge in [-0.3, -0.25) is 4.79 Å². The van der Waals surface area contributed by atoms with E-state index in [4.69, 9.17) is 9.84 Å². The maximum atomic E-state index is 12.6. The molecule has 0 unspecified atom stereocenters. The number of nitrogens with zero attached hydrogens (tertiary/aromatic N) is 3. The van der Waals surface area contributed by atoms with E-state index < -0.39 is 11.9 Å². The highest BCUT2D eigenvalue weighted by molar-refractivity contribution is 6.03. The van der Waals surface area contributed by atoms with Crippen molar-refractivity contribution >= 4 is 17.6 Å². The summed E-state index contributed by atoms with van der Waals surface area (Å²) in [7, 11) is 1.52. The second-order valence-corrected chi connectivity index (χ2v) is 5.40. The van der Waals surface area contributed by atoms with Crippen LogP contribution in [-0.4, -0.2) is 39.1 Å². The third-order valence-corrected chi connectivity index (χ3v) is 3.65. The van der Waals surface area contributed by atoms with Crippen LogP contribution in [0.3, 0.4) is 0 Å². The fourth-order valence-electron chi connectivity index (χ4n) is 2.41. The Morgan fingerprint density at radius 3 is 2.42 bits per heavy atom. The van der Waals surface area contributed by atoms with Crippen LogP contribution in [0.5, 0.6) is 0 Å². The van der Waals surface area contributed by atoms with Crippen LogP contribution in [0.25, 0.3) is 5.69 Å². The molecule has 26 heavy (non-hydrogen) atoms. The van der Waals surface area contributed by atoms with Gasteiger partial charge in [0.2, 0.25) is 0 Å². The second kappa shape index (κ2) is 7.58. The number of ether oxygens (including phenoxy) is 1. The number of hydrogen-bond donors (Lipinski definition) is 2. The van der Waals surface area contributed by atoms with Gasteiger partial charge < -0.3 is 15.2 Å². The summed E-state index contributed by atoms with van der Waals surface area (Å²) in [4.78, 5) is 23.5. The van der Waals surface area contributed by atoms with E-state index in [1.165, 1.54) is 31.4 Å². The first-order valence-electron chi connectivity index (χ1n) is 7.74. The number of carbonyl (C=O) groups is 2. The molecule has 0 saturated heterocycles. The van der Waals surface area contributed by atoms with Gasteiger partial charge in [-0.2, -0.15) is 0 Å². The topological polar surface area (TPSA) is 106 Å². The largest absolute Gasteiger partial charge is 0.478 e.